The van der Waals surface area contributed by atoms with Crippen molar-refractivity contribution in [3.05, 3.63) is 78.0 Å². The normalized spacial score (nSPS) is 10.8. The van der Waals surface area contributed by atoms with Crippen LogP contribution in [0, 0.1) is 0 Å². The predicted molar refractivity (Wildman–Crippen MR) is 103 cm³/mol. The Kier molecular flexibility index (Phi) is 5.61. The van der Waals surface area contributed by atoms with Gasteiger partial charge in [0, 0.05) is 22.8 Å². The number of thiol groups is 1. The topological polar surface area (TPSA) is 42.2 Å². The summed E-state index contributed by atoms with van der Waals surface area (Å²) in [6.45, 7) is 0.823. The van der Waals surface area contributed by atoms with E-state index < -0.39 is 5.97 Å². The van der Waals surface area contributed by atoms with Crippen LogP contribution in [0.15, 0.2) is 71.6 Å². The van der Waals surface area contributed by atoms with E-state index in [-0.39, 0.29) is 6.42 Å². The molecule has 3 rings (SSSR count). The number of aliphatic carboxylic acids is 1. The average Bonchev–Trinajstić information content (AvgIpc) is 3.02. The van der Waals surface area contributed by atoms with Crippen LogP contribution in [0.2, 0.25) is 0 Å². The summed E-state index contributed by atoms with van der Waals surface area (Å²) >= 11 is 4.35. The summed E-state index contributed by atoms with van der Waals surface area (Å²) in [6, 6.07) is 22.5. The molecule has 0 fully saturated rings. The van der Waals surface area contributed by atoms with Crippen molar-refractivity contribution in [2.75, 3.05) is 0 Å². The van der Waals surface area contributed by atoms with Crippen molar-refractivity contribution >= 4 is 18.6 Å². The molecule has 0 amide bonds. The van der Waals surface area contributed by atoms with Crippen molar-refractivity contribution in [1.29, 1.82) is 0 Å². The Bertz CT molecular complexity index is 838. The monoisotopic (exact) mass is 351 g/mol. The third-order valence-electron chi connectivity index (χ3n) is 4.30. The van der Waals surface area contributed by atoms with Gasteiger partial charge in [0.05, 0.1) is 6.42 Å². The number of hydrogen-bond donors (Lipinski definition) is 2. The minimum Gasteiger partial charge on any atom is -0.481 e. The van der Waals surface area contributed by atoms with Crippen LogP contribution in [0.3, 0.4) is 0 Å². The highest BCUT2D eigenvalue weighted by atomic mass is 32.1. The van der Waals surface area contributed by atoms with E-state index in [0.717, 1.165) is 34.8 Å². The lowest BCUT2D eigenvalue weighted by Crippen LogP contribution is -2.09. The van der Waals surface area contributed by atoms with Gasteiger partial charge in [0.15, 0.2) is 0 Å². The van der Waals surface area contributed by atoms with Crippen molar-refractivity contribution in [1.82, 2.24) is 4.57 Å². The summed E-state index contributed by atoms with van der Waals surface area (Å²) in [4.78, 5) is 11.9. The van der Waals surface area contributed by atoms with E-state index in [1.807, 2.05) is 36.4 Å². The summed E-state index contributed by atoms with van der Waals surface area (Å²) < 4.78 is 2.24. The molecule has 0 spiro atoms. The summed E-state index contributed by atoms with van der Waals surface area (Å²) in [7, 11) is 0. The van der Waals surface area contributed by atoms with Crippen LogP contribution in [0.4, 0.5) is 0 Å². The van der Waals surface area contributed by atoms with E-state index in [9.17, 15) is 4.79 Å². The van der Waals surface area contributed by atoms with E-state index in [0.29, 0.717) is 6.42 Å². The second-order valence-electron chi connectivity index (χ2n) is 6.04. The number of aryl methyl sites for hydroxylation is 2. The van der Waals surface area contributed by atoms with Gasteiger partial charge in [0.2, 0.25) is 0 Å². The van der Waals surface area contributed by atoms with Gasteiger partial charge < -0.3 is 9.67 Å². The molecule has 4 heteroatoms. The number of benzene rings is 2. The maximum absolute atomic E-state index is 11.0. The molecule has 0 aliphatic heterocycles. The largest absolute Gasteiger partial charge is 0.481 e. The molecule has 128 valence electrons. The van der Waals surface area contributed by atoms with Gasteiger partial charge in [-0.15, -0.1) is 12.6 Å². The zero-order valence-electron chi connectivity index (χ0n) is 13.9. The molecule has 3 nitrogen and oxygen atoms in total. The SMILES string of the molecule is O=C(O)CCc1ccc(-c2ccc(S)cc2)n1CCc1ccccc1. The standard InChI is InChI=1S/C21H21NO2S/c23-21(24)13-9-18-8-12-20(17-6-10-19(25)11-7-17)22(18)15-14-16-4-2-1-3-5-16/h1-8,10-12,25H,9,13-15H2,(H,23,24). The van der Waals surface area contributed by atoms with Crippen LogP contribution >= 0.6 is 12.6 Å². The molecule has 0 atom stereocenters. The quantitative estimate of drug-likeness (QED) is 0.606. The van der Waals surface area contributed by atoms with Gasteiger partial charge >= 0.3 is 5.97 Å². The van der Waals surface area contributed by atoms with Crippen LogP contribution < -0.4 is 0 Å². The van der Waals surface area contributed by atoms with Gasteiger partial charge in [0.25, 0.3) is 0 Å². The lowest BCUT2D eigenvalue weighted by Gasteiger charge is -2.14. The second-order valence-corrected chi connectivity index (χ2v) is 6.55. The summed E-state index contributed by atoms with van der Waals surface area (Å²) in [5, 5.41) is 9.01. The number of carbonyl (C=O) groups is 1. The number of carboxylic acid groups (broad SMARTS) is 1. The van der Waals surface area contributed by atoms with Crippen LogP contribution in [0.1, 0.15) is 17.7 Å². The Balaban J connectivity index is 1.88. The molecular formula is C21H21NO2S. The Hall–Kier alpha value is -2.46. The number of rotatable bonds is 7. The maximum Gasteiger partial charge on any atom is 0.303 e. The molecule has 3 aromatic rings. The molecule has 0 unspecified atom stereocenters. The highest BCUT2D eigenvalue weighted by Gasteiger charge is 2.11. The first-order chi connectivity index (χ1) is 12.1. The Labute approximate surface area is 153 Å². The molecule has 1 N–H and O–H groups in total. The molecule has 0 aliphatic rings. The van der Waals surface area contributed by atoms with Crippen LogP contribution in [-0.4, -0.2) is 15.6 Å². The van der Waals surface area contributed by atoms with Crippen molar-refractivity contribution in [3.63, 3.8) is 0 Å². The first-order valence-corrected chi connectivity index (χ1v) is 8.82. The van der Waals surface area contributed by atoms with Crippen molar-refractivity contribution in [2.45, 2.75) is 30.7 Å². The van der Waals surface area contributed by atoms with Gasteiger partial charge in [-0.25, -0.2) is 0 Å². The van der Waals surface area contributed by atoms with E-state index in [2.05, 4.69) is 47.5 Å². The highest BCUT2D eigenvalue weighted by molar-refractivity contribution is 7.80. The fourth-order valence-electron chi connectivity index (χ4n) is 3.00. The Morgan fingerprint density at radius 3 is 2.32 bits per heavy atom. The minimum atomic E-state index is -0.767. The summed E-state index contributed by atoms with van der Waals surface area (Å²) in [5.74, 6) is -0.767. The molecule has 1 heterocycles. The number of nitrogens with zero attached hydrogens (tertiary/aromatic N) is 1. The van der Waals surface area contributed by atoms with Crippen molar-refractivity contribution in [3.8, 4) is 11.3 Å². The maximum atomic E-state index is 11.0. The van der Waals surface area contributed by atoms with Crippen LogP contribution in [0.25, 0.3) is 11.3 Å². The third kappa shape index (κ3) is 4.54. The molecule has 2 aromatic carbocycles. The van der Waals surface area contributed by atoms with Crippen molar-refractivity contribution < 1.29 is 9.90 Å². The molecule has 25 heavy (non-hydrogen) atoms. The lowest BCUT2D eigenvalue weighted by atomic mass is 10.1. The van der Waals surface area contributed by atoms with Crippen LogP contribution in [0.5, 0.6) is 0 Å². The molecular weight excluding hydrogens is 330 g/mol. The summed E-state index contributed by atoms with van der Waals surface area (Å²) in [6.07, 6.45) is 1.59. The van der Waals surface area contributed by atoms with Gasteiger partial charge in [-0.2, -0.15) is 0 Å². The van der Waals surface area contributed by atoms with Crippen molar-refractivity contribution in [2.24, 2.45) is 0 Å². The zero-order valence-corrected chi connectivity index (χ0v) is 14.8. The van der Waals surface area contributed by atoms with Crippen LogP contribution in [-0.2, 0) is 24.2 Å². The van der Waals surface area contributed by atoms with E-state index in [1.165, 1.54) is 5.56 Å². The van der Waals surface area contributed by atoms with Gasteiger partial charge in [-0.1, -0.05) is 42.5 Å². The minimum absolute atomic E-state index is 0.143. The first-order valence-electron chi connectivity index (χ1n) is 8.37. The fourth-order valence-corrected chi connectivity index (χ4v) is 3.15. The lowest BCUT2D eigenvalue weighted by molar-refractivity contribution is -0.136. The zero-order chi connectivity index (χ0) is 17.6. The number of carboxylic acids is 1. The second kappa shape index (κ2) is 8.08. The average molecular weight is 351 g/mol. The molecule has 0 bridgehead atoms. The van der Waals surface area contributed by atoms with E-state index in [1.54, 1.807) is 0 Å². The van der Waals surface area contributed by atoms with Gasteiger partial charge in [0.1, 0.15) is 0 Å². The number of hydrogen-bond acceptors (Lipinski definition) is 2. The molecule has 0 saturated carbocycles. The highest BCUT2D eigenvalue weighted by Crippen LogP contribution is 2.25. The Morgan fingerprint density at radius 2 is 1.64 bits per heavy atom. The molecule has 0 radical (unpaired) electrons. The smallest absolute Gasteiger partial charge is 0.303 e. The molecule has 0 aliphatic carbocycles. The first kappa shape index (κ1) is 17.4. The van der Waals surface area contributed by atoms with E-state index in [4.69, 9.17) is 5.11 Å². The molecule has 0 saturated heterocycles. The third-order valence-corrected chi connectivity index (χ3v) is 4.59. The summed E-state index contributed by atoms with van der Waals surface area (Å²) in [5.41, 5.74) is 4.57. The van der Waals surface area contributed by atoms with Gasteiger partial charge in [-0.05, 0) is 48.2 Å². The van der Waals surface area contributed by atoms with E-state index >= 15 is 0 Å². The fraction of sp³-hybridized carbons (Fsp3) is 0.190. The molecule has 1 aromatic heterocycles. The predicted octanol–water partition coefficient (Wildman–Crippen LogP) is 4.70. The number of aromatic nitrogens is 1. The Morgan fingerprint density at radius 1 is 0.920 bits per heavy atom. The van der Waals surface area contributed by atoms with Gasteiger partial charge in [-0.3, -0.25) is 4.79 Å².